The number of aromatic nitrogens is 2. The molecule has 0 radical (unpaired) electrons. The van der Waals surface area contributed by atoms with E-state index >= 15 is 0 Å². The van der Waals surface area contributed by atoms with Gasteiger partial charge in [0.25, 0.3) is 0 Å². The molecule has 0 unspecified atom stereocenters. The molecule has 0 aliphatic heterocycles. The first-order valence-corrected chi connectivity index (χ1v) is 10.8. The lowest BCUT2D eigenvalue weighted by atomic mass is 10.0. The highest BCUT2D eigenvalue weighted by Crippen LogP contribution is 2.48. The third-order valence-corrected chi connectivity index (χ3v) is 6.32. The van der Waals surface area contributed by atoms with Crippen molar-refractivity contribution in [3.05, 3.63) is 40.0 Å². The summed E-state index contributed by atoms with van der Waals surface area (Å²) in [5.74, 6) is 2.66. The molecule has 4 heteroatoms. The Balaban J connectivity index is 1.75. The highest BCUT2D eigenvalue weighted by atomic mass is 79.9. The second-order valence-corrected chi connectivity index (χ2v) is 8.86. The molecule has 2 fully saturated rings. The minimum absolute atomic E-state index is 0.648. The van der Waals surface area contributed by atoms with Gasteiger partial charge in [0.2, 0.25) is 5.95 Å². The highest BCUT2D eigenvalue weighted by molar-refractivity contribution is 9.10. The molecule has 138 valence electrons. The Kier molecular flexibility index (Phi) is 5.05. The van der Waals surface area contributed by atoms with Crippen molar-refractivity contribution in [1.82, 2.24) is 9.97 Å². The molecule has 0 amide bonds. The Morgan fingerprint density at radius 1 is 1.04 bits per heavy atom. The molecule has 0 atom stereocenters. The third-order valence-electron chi connectivity index (χ3n) is 5.79. The van der Waals surface area contributed by atoms with Gasteiger partial charge in [-0.15, -0.1) is 0 Å². The molecule has 2 aliphatic carbocycles. The molecule has 3 nitrogen and oxygen atoms in total. The van der Waals surface area contributed by atoms with Gasteiger partial charge in [-0.05, 0) is 75.5 Å². The second-order valence-electron chi connectivity index (χ2n) is 7.95. The van der Waals surface area contributed by atoms with Crippen molar-refractivity contribution in [1.29, 1.82) is 0 Å². The van der Waals surface area contributed by atoms with Gasteiger partial charge in [0.1, 0.15) is 0 Å². The molecule has 1 heterocycles. The first-order chi connectivity index (χ1) is 12.6. The quantitative estimate of drug-likeness (QED) is 0.563. The van der Waals surface area contributed by atoms with Gasteiger partial charge < -0.3 is 4.90 Å². The smallest absolute Gasteiger partial charge is 0.226 e. The molecule has 0 spiro atoms. The van der Waals surface area contributed by atoms with Gasteiger partial charge in [-0.1, -0.05) is 35.0 Å². The summed E-state index contributed by atoms with van der Waals surface area (Å²) < 4.78 is 1.10. The van der Waals surface area contributed by atoms with Gasteiger partial charge in [-0.2, -0.15) is 0 Å². The zero-order valence-electron chi connectivity index (χ0n) is 16.0. The summed E-state index contributed by atoms with van der Waals surface area (Å²) in [6.07, 6.45) is 6.66. The topological polar surface area (TPSA) is 29.0 Å². The van der Waals surface area contributed by atoms with Crippen molar-refractivity contribution >= 4 is 21.9 Å². The second kappa shape index (κ2) is 7.30. The number of halogens is 1. The van der Waals surface area contributed by atoms with Crippen LogP contribution in [0.4, 0.5) is 5.95 Å². The van der Waals surface area contributed by atoms with Crippen LogP contribution in [0.5, 0.6) is 0 Å². The minimum Gasteiger partial charge on any atom is -0.337 e. The van der Waals surface area contributed by atoms with Crippen molar-refractivity contribution in [2.24, 2.45) is 11.8 Å². The summed E-state index contributed by atoms with van der Waals surface area (Å²) in [4.78, 5) is 12.6. The van der Waals surface area contributed by atoms with Crippen molar-refractivity contribution in [3.8, 4) is 11.3 Å². The van der Waals surface area contributed by atoms with E-state index < -0.39 is 0 Å². The summed E-state index contributed by atoms with van der Waals surface area (Å²) in [5, 5.41) is 0. The highest BCUT2D eigenvalue weighted by Gasteiger charge is 2.45. The van der Waals surface area contributed by atoms with Crippen molar-refractivity contribution in [3.63, 3.8) is 0 Å². The standard InChI is InChI=1S/C22H28BrN3/c1-4-13-26(21(17-5-6-17)18-7-8-18)22-24-15(3)14(2)20(25-22)16-9-11-19(23)12-10-16/h9-12,17-18,21H,4-8,13H2,1-3H3. The summed E-state index contributed by atoms with van der Waals surface area (Å²) in [6.45, 7) is 7.58. The zero-order valence-corrected chi connectivity index (χ0v) is 17.6. The number of nitrogens with zero attached hydrogens (tertiary/aromatic N) is 3. The van der Waals surface area contributed by atoms with Crippen LogP contribution in [0.25, 0.3) is 11.3 Å². The average Bonchev–Trinajstić information content (AvgIpc) is 3.52. The maximum atomic E-state index is 5.09. The normalized spacial score (nSPS) is 17.0. The maximum absolute atomic E-state index is 5.09. The lowest BCUT2D eigenvalue weighted by Crippen LogP contribution is -2.40. The largest absolute Gasteiger partial charge is 0.337 e. The van der Waals surface area contributed by atoms with Gasteiger partial charge in [-0.3, -0.25) is 0 Å². The Morgan fingerprint density at radius 2 is 1.65 bits per heavy atom. The van der Waals surface area contributed by atoms with Crippen molar-refractivity contribution in [2.45, 2.75) is 58.9 Å². The fraction of sp³-hybridized carbons (Fsp3) is 0.545. The zero-order chi connectivity index (χ0) is 18.3. The van der Waals surface area contributed by atoms with Crippen molar-refractivity contribution < 1.29 is 0 Å². The molecule has 2 saturated carbocycles. The minimum atomic E-state index is 0.648. The molecule has 1 aromatic heterocycles. The fourth-order valence-corrected chi connectivity index (χ4v) is 4.29. The molecule has 2 aliphatic rings. The number of benzene rings is 1. The monoisotopic (exact) mass is 413 g/mol. The van der Waals surface area contributed by atoms with E-state index in [1.165, 1.54) is 36.8 Å². The van der Waals surface area contributed by atoms with E-state index in [-0.39, 0.29) is 0 Å². The third kappa shape index (κ3) is 3.66. The predicted octanol–water partition coefficient (Wildman–Crippen LogP) is 5.93. The molecule has 0 saturated heterocycles. The van der Waals surface area contributed by atoms with E-state index in [9.17, 15) is 0 Å². The Bertz CT molecular complexity index is 767. The predicted molar refractivity (Wildman–Crippen MR) is 112 cm³/mol. The molecular formula is C22H28BrN3. The summed E-state index contributed by atoms with van der Waals surface area (Å²) in [7, 11) is 0. The molecule has 1 aromatic carbocycles. The molecule has 0 N–H and O–H groups in total. The lowest BCUT2D eigenvalue weighted by Gasteiger charge is -2.33. The van der Waals surface area contributed by atoms with Crippen LogP contribution in [0.1, 0.15) is 50.3 Å². The lowest BCUT2D eigenvalue weighted by molar-refractivity contribution is 0.469. The van der Waals surface area contributed by atoms with Crippen LogP contribution < -0.4 is 4.90 Å². The number of hydrogen-bond acceptors (Lipinski definition) is 3. The van der Waals surface area contributed by atoms with Crippen LogP contribution >= 0.6 is 15.9 Å². The van der Waals surface area contributed by atoms with Crippen LogP contribution in [0.2, 0.25) is 0 Å². The van der Waals surface area contributed by atoms with Gasteiger partial charge >= 0.3 is 0 Å². The summed E-state index contributed by atoms with van der Waals surface area (Å²) in [5.41, 5.74) is 4.52. The fourth-order valence-electron chi connectivity index (χ4n) is 4.02. The number of hydrogen-bond donors (Lipinski definition) is 0. The molecule has 26 heavy (non-hydrogen) atoms. The molecular weight excluding hydrogens is 386 g/mol. The summed E-state index contributed by atoms with van der Waals surface area (Å²) >= 11 is 3.53. The molecule has 2 aromatic rings. The Labute approximate surface area is 165 Å². The Hall–Kier alpha value is -1.42. The van der Waals surface area contributed by atoms with E-state index in [0.717, 1.165) is 46.6 Å². The first-order valence-electron chi connectivity index (χ1n) is 9.96. The SMILES string of the molecule is CCCN(c1nc(C)c(C)c(-c2ccc(Br)cc2)n1)C(C1CC1)C1CC1. The molecule has 0 bridgehead atoms. The maximum Gasteiger partial charge on any atom is 0.226 e. The van der Waals surface area contributed by atoms with Gasteiger partial charge in [-0.25, -0.2) is 9.97 Å². The van der Waals surface area contributed by atoms with E-state index in [4.69, 9.17) is 9.97 Å². The molecule has 4 rings (SSSR count). The van der Waals surface area contributed by atoms with Gasteiger partial charge in [0.05, 0.1) is 5.69 Å². The summed E-state index contributed by atoms with van der Waals surface area (Å²) in [6, 6.07) is 9.12. The van der Waals surface area contributed by atoms with E-state index in [2.05, 4.69) is 65.9 Å². The number of anilines is 1. The first kappa shape index (κ1) is 18.0. The van der Waals surface area contributed by atoms with Gasteiger partial charge in [0.15, 0.2) is 0 Å². The van der Waals surface area contributed by atoms with E-state index in [1.807, 2.05) is 0 Å². The van der Waals surface area contributed by atoms with Crippen LogP contribution in [0.15, 0.2) is 28.7 Å². The van der Waals surface area contributed by atoms with Crippen LogP contribution in [-0.2, 0) is 0 Å². The van der Waals surface area contributed by atoms with Crippen LogP contribution in [-0.4, -0.2) is 22.6 Å². The number of rotatable bonds is 7. The van der Waals surface area contributed by atoms with Crippen LogP contribution in [0.3, 0.4) is 0 Å². The van der Waals surface area contributed by atoms with E-state index in [1.54, 1.807) is 0 Å². The number of aryl methyl sites for hydroxylation is 1. The van der Waals surface area contributed by atoms with Crippen LogP contribution in [0, 0.1) is 25.7 Å². The average molecular weight is 414 g/mol. The van der Waals surface area contributed by atoms with Crippen molar-refractivity contribution in [2.75, 3.05) is 11.4 Å². The van der Waals surface area contributed by atoms with Gasteiger partial charge in [0, 0.05) is 28.3 Å². The Morgan fingerprint density at radius 3 is 2.19 bits per heavy atom. The van der Waals surface area contributed by atoms with E-state index in [0.29, 0.717) is 6.04 Å².